The Labute approximate surface area is 264 Å². The zero-order valence-electron chi connectivity index (χ0n) is 23.9. The van der Waals surface area contributed by atoms with Crippen molar-refractivity contribution >= 4 is 27.8 Å². The van der Waals surface area contributed by atoms with Gasteiger partial charge in [0.1, 0.15) is 23.3 Å². The number of nitrogens with one attached hydrogen (secondary N) is 1. The number of aliphatic carboxylic acids is 1. The second kappa shape index (κ2) is 15.0. The maximum atomic E-state index is 13.3. The van der Waals surface area contributed by atoms with Crippen molar-refractivity contribution in [2.24, 2.45) is 0 Å². The highest BCUT2D eigenvalue weighted by molar-refractivity contribution is 9.10. The minimum Gasteiger partial charge on any atom is -0.493 e. The van der Waals surface area contributed by atoms with Crippen molar-refractivity contribution < 1.29 is 24.2 Å². The summed E-state index contributed by atoms with van der Waals surface area (Å²) in [5.41, 5.74) is 4.02. The molecule has 0 saturated heterocycles. The van der Waals surface area contributed by atoms with Crippen LogP contribution in [-0.4, -0.2) is 34.6 Å². The molecule has 1 heterocycles. The molecular formula is C36H31BrN2O5. The molecule has 0 aliphatic heterocycles. The van der Waals surface area contributed by atoms with Crippen molar-refractivity contribution in [3.8, 4) is 28.4 Å². The van der Waals surface area contributed by atoms with Crippen LogP contribution >= 0.6 is 15.9 Å². The van der Waals surface area contributed by atoms with Crippen LogP contribution < -0.4 is 14.8 Å². The van der Waals surface area contributed by atoms with Crippen LogP contribution in [0.5, 0.6) is 17.2 Å². The number of carbonyl (C=O) groups is 2. The second-order valence-corrected chi connectivity index (χ2v) is 11.0. The van der Waals surface area contributed by atoms with E-state index in [1.807, 2.05) is 91.0 Å². The Morgan fingerprint density at radius 2 is 1.55 bits per heavy atom. The van der Waals surface area contributed by atoms with E-state index in [0.717, 1.165) is 40.8 Å². The second-order valence-electron chi connectivity index (χ2n) is 10.1. The number of carbonyl (C=O) groups excluding carboxylic acids is 1. The van der Waals surface area contributed by atoms with E-state index in [-0.39, 0.29) is 12.0 Å². The van der Waals surface area contributed by atoms with E-state index in [1.54, 1.807) is 30.6 Å². The minimum absolute atomic E-state index is 0.111. The Hall–Kier alpha value is -4.95. The van der Waals surface area contributed by atoms with Crippen molar-refractivity contribution in [1.82, 2.24) is 10.3 Å². The van der Waals surface area contributed by atoms with E-state index in [9.17, 15) is 14.7 Å². The number of rotatable bonds is 13. The molecule has 1 atom stereocenters. The van der Waals surface area contributed by atoms with Gasteiger partial charge in [-0.1, -0.05) is 76.6 Å². The van der Waals surface area contributed by atoms with Crippen LogP contribution in [-0.2, 0) is 17.6 Å². The van der Waals surface area contributed by atoms with Crippen LogP contribution in [0.25, 0.3) is 11.1 Å². The van der Waals surface area contributed by atoms with Gasteiger partial charge in [0.2, 0.25) is 0 Å². The van der Waals surface area contributed by atoms with Gasteiger partial charge >= 0.3 is 5.97 Å². The van der Waals surface area contributed by atoms with Gasteiger partial charge in [-0.2, -0.15) is 0 Å². The first-order valence-electron chi connectivity index (χ1n) is 14.2. The van der Waals surface area contributed by atoms with E-state index in [2.05, 4.69) is 26.2 Å². The molecule has 0 spiro atoms. The Morgan fingerprint density at radius 1 is 0.818 bits per heavy atom. The first kappa shape index (κ1) is 30.5. The normalized spacial score (nSPS) is 11.4. The number of aromatic nitrogens is 1. The predicted molar refractivity (Wildman–Crippen MR) is 173 cm³/mol. The van der Waals surface area contributed by atoms with Gasteiger partial charge in [-0.3, -0.25) is 9.78 Å². The average Bonchev–Trinajstić information content (AvgIpc) is 3.05. The predicted octanol–water partition coefficient (Wildman–Crippen LogP) is 7.74. The molecule has 1 amide bonds. The molecule has 7 nitrogen and oxygen atoms in total. The SMILES string of the molecule is O=C(NC(Cc1ccc(-c2ccccc2Oc2ccccc2)cc1)C(=O)O)c1cc(Br)ccc1OCCCc1ccncc1. The summed E-state index contributed by atoms with van der Waals surface area (Å²) in [6.45, 7) is 0.401. The number of aryl methyl sites for hydroxylation is 1. The molecule has 4 aromatic carbocycles. The number of hydrogen-bond donors (Lipinski definition) is 2. The molecule has 5 aromatic rings. The monoisotopic (exact) mass is 650 g/mol. The first-order valence-corrected chi connectivity index (χ1v) is 15.0. The average molecular weight is 652 g/mol. The Kier molecular flexibility index (Phi) is 10.4. The van der Waals surface area contributed by atoms with E-state index in [4.69, 9.17) is 9.47 Å². The van der Waals surface area contributed by atoms with E-state index in [0.29, 0.717) is 22.6 Å². The number of nitrogens with zero attached hydrogens (tertiary/aromatic N) is 1. The van der Waals surface area contributed by atoms with Gasteiger partial charge in [0, 0.05) is 28.9 Å². The maximum absolute atomic E-state index is 13.3. The molecule has 0 aliphatic carbocycles. The number of carboxylic acid groups (broad SMARTS) is 1. The largest absolute Gasteiger partial charge is 0.493 e. The molecule has 222 valence electrons. The molecule has 1 aromatic heterocycles. The summed E-state index contributed by atoms with van der Waals surface area (Å²) < 4.78 is 12.7. The lowest BCUT2D eigenvalue weighted by Gasteiger charge is -2.17. The van der Waals surface area contributed by atoms with Crippen molar-refractivity contribution in [1.29, 1.82) is 0 Å². The molecule has 5 rings (SSSR count). The van der Waals surface area contributed by atoms with Gasteiger partial charge in [0.05, 0.1) is 12.2 Å². The van der Waals surface area contributed by atoms with Crippen molar-refractivity contribution in [3.05, 3.63) is 143 Å². The van der Waals surface area contributed by atoms with Gasteiger partial charge in [-0.15, -0.1) is 0 Å². The lowest BCUT2D eigenvalue weighted by Crippen LogP contribution is -2.42. The summed E-state index contributed by atoms with van der Waals surface area (Å²) in [7, 11) is 0. The number of benzene rings is 4. The molecule has 8 heteroatoms. The standard InChI is InChI=1S/C36H31BrN2O5/c37-28-16-17-33(43-22-6-7-25-18-20-38-21-19-25)31(24-28)35(40)39-32(36(41)42)23-26-12-14-27(15-13-26)30-10-4-5-11-34(30)44-29-8-2-1-3-9-29/h1-5,8-21,24,32H,6-7,22-23H2,(H,39,40)(H,41,42). The van der Waals surface area contributed by atoms with Crippen LogP contribution in [0.4, 0.5) is 0 Å². The number of hydrogen-bond acceptors (Lipinski definition) is 5. The zero-order valence-corrected chi connectivity index (χ0v) is 25.4. The maximum Gasteiger partial charge on any atom is 0.326 e. The summed E-state index contributed by atoms with van der Waals surface area (Å²) in [5, 5.41) is 12.7. The van der Waals surface area contributed by atoms with Crippen LogP contribution in [0.1, 0.15) is 27.9 Å². The van der Waals surface area contributed by atoms with Gasteiger partial charge in [0.25, 0.3) is 5.91 Å². The molecule has 0 saturated carbocycles. The molecule has 1 unspecified atom stereocenters. The molecule has 2 N–H and O–H groups in total. The van der Waals surface area contributed by atoms with Crippen LogP contribution in [0, 0.1) is 0 Å². The molecular weight excluding hydrogens is 620 g/mol. The quantitative estimate of drug-likeness (QED) is 0.127. The van der Waals surface area contributed by atoms with Gasteiger partial charge < -0.3 is 19.9 Å². The topological polar surface area (TPSA) is 97.8 Å². The fourth-order valence-electron chi connectivity index (χ4n) is 4.72. The highest BCUT2D eigenvalue weighted by Crippen LogP contribution is 2.33. The van der Waals surface area contributed by atoms with Crippen molar-refractivity contribution in [2.75, 3.05) is 6.61 Å². The third-order valence-corrected chi connectivity index (χ3v) is 7.46. The first-order chi connectivity index (χ1) is 21.5. The molecule has 0 bridgehead atoms. The summed E-state index contributed by atoms with van der Waals surface area (Å²) in [6, 6.07) is 32.8. The summed E-state index contributed by atoms with van der Waals surface area (Å²) in [4.78, 5) is 29.5. The van der Waals surface area contributed by atoms with E-state index in [1.165, 1.54) is 0 Å². The molecule has 0 aliphatic rings. The third-order valence-electron chi connectivity index (χ3n) is 6.97. The molecule has 0 fully saturated rings. The molecule has 0 radical (unpaired) electrons. The molecule has 44 heavy (non-hydrogen) atoms. The lowest BCUT2D eigenvalue weighted by atomic mass is 9.99. The highest BCUT2D eigenvalue weighted by Gasteiger charge is 2.23. The summed E-state index contributed by atoms with van der Waals surface area (Å²) >= 11 is 3.41. The van der Waals surface area contributed by atoms with E-state index < -0.39 is 17.9 Å². The zero-order chi connectivity index (χ0) is 30.7. The van der Waals surface area contributed by atoms with Crippen LogP contribution in [0.15, 0.2) is 126 Å². The Balaban J connectivity index is 1.24. The summed E-state index contributed by atoms with van der Waals surface area (Å²) in [5.74, 6) is 0.197. The fourth-order valence-corrected chi connectivity index (χ4v) is 5.08. The van der Waals surface area contributed by atoms with Crippen molar-refractivity contribution in [3.63, 3.8) is 0 Å². The number of pyridine rings is 1. The summed E-state index contributed by atoms with van der Waals surface area (Å²) in [6.07, 6.45) is 5.17. The van der Waals surface area contributed by atoms with Gasteiger partial charge in [-0.25, -0.2) is 4.79 Å². The number of amides is 1. The Bertz CT molecular complexity index is 1700. The smallest absolute Gasteiger partial charge is 0.326 e. The number of halogens is 1. The highest BCUT2D eigenvalue weighted by atomic mass is 79.9. The Morgan fingerprint density at radius 3 is 2.30 bits per heavy atom. The number of carboxylic acids is 1. The van der Waals surface area contributed by atoms with Crippen LogP contribution in [0.3, 0.4) is 0 Å². The van der Waals surface area contributed by atoms with Gasteiger partial charge in [0.15, 0.2) is 0 Å². The third kappa shape index (κ3) is 8.33. The number of para-hydroxylation sites is 2. The minimum atomic E-state index is -1.14. The van der Waals surface area contributed by atoms with Crippen LogP contribution in [0.2, 0.25) is 0 Å². The van der Waals surface area contributed by atoms with Gasteiger partial charge in [-0.05, 0) is 78.1 Å². The fraction of sp³-hybridized carbons (Fsp3) is 0.139. The number of ether oxygens (including phenoxy) is 2. The lowest BCUT2D eigenvalue weighted by molar-refractivity contribution is -0.139. The van der Waals surface area contributed by atoms with Crippen molar-refractivity contribution in [2.45, 2.75) is 25.3 Å². The van der Waals surface area contributed by atoms with E-state index >= 15 is 0 Å².